The van der Waals surface area contributed by atoms with Crippen LogP contribution in [0, 0.1) is 19.8 Å². The van der Waals surface area contributed by atoms with E-state index in [4.69, 9.17) is 4.74 Å². The largest absolute Gasteiger partial charge is 0.497 e. The van der Waals surface area contributed by atoms with Gasteiger partial charge in [0.25, 0.3) is 0 Å². The molecule has 0 saturated carbocycles. The maximum atomic E-state index is 5.33. The van der Waals surface area contributed by atoms with E-state index in [1.165, 1.54) is 24.1 Å². The number of aliphatic imine (C=N–C) groups is 1. The van der Waals surface area contributed by atoms with E-state index < -0.39 is 0 Å². The van der Waals surface area contributed by atoms with Crippen LogP contribution in [0.5, 0.6) is 5.75 Å². The Labute approximate surface area is 186 Å². The Morgan fingerprint density at radius 3 is 2.65 bits per heavy atom. The van der Waals surface area contributed by atoms with Gasteiger partial charge in [0.2, 0.25) is 0 Å². The zero-order valence-electron chi connectivity index (χ0n) is 19.7. The fourth-order valence-corrected chi connectivity index (χ4v) is 4.59. The Balaban J connectivity index is 1.51. The third-order valence-corrected chi connectivity index (χ3v) is 6.16. The average Bonchev–Trinajstić information content (AvgIpc) is 3.10. The standard InChI is InChI=1S/C24H38N6O/c1-18-16-19(2)30(28-18)15-7-13-26-24(25-3)27-17-21-8-6-14-29(4)23(21)20-9-11-22(31-5)12-10-20/h9-12,16,21,23H,6-8,13-15,17H2,1-5H3,(H2,25,26,27). The SMILES string of the molecule is CN=C(NCCCn1nc(C)cc1C)NCC1CCCN(C)C1c1ccc(OC)cc1. The molecule has 7 heteroatoms. The molecule has 170 valence electrons. The number of nitrogens with one attached hydrogen (secondary N) is 2. The summed E-state index contributed by atoms with van der Waals surface area (Å²) in [5.74, 6) is 2.30. The van der Waals surface area contributed by atoms with Crippen LogP contribution in [0.3, 0.4) is 0 Å². The predicted octanol–water partition coefficient (Wildman–Crippen LogP) is 3.15. The minimum Gasteiger partial charge on any atom is -0.497 e. The Bertz CT molecular complexity index is 844. The van der Waals surface area contributed by atoms with E-state index in [1.807, 2.05) is 14.0 Å². The van der Waals surface area contributed by atoms with Crippen LogP contribution < -0.4 is 15.4 Å². The van der Waals surface area contributed by atoms with Crippen molar-refractivity contribution in [3.05, 3.63) is 47.3 Å². The van der Waals surface area contributed by atoms with Gasteiger partial charge in [-0.05, 0) is 76.4 Å². The maximum absolute atomic E-state index is 5.33. The molecule has 1 aliphatic heterocycles. The smallest absolute Gasteiger partial charge is 0.190 e. The molecule has 2 unspecified atom stereocenters. The summed E-state index contributed by atoms with van der Waals surface area (Å²) in [7, 11) is 5.78. The van der Waals surface area contributed by atoms with Crippen LogP contribution in [0.4, 0.5) is 0 Å². The highest BCUT2D eigenvalue weighted by molar-refractivity contribution is 5.79. The molecule has 0 radical (unpaired) electrons. The second-order valence-electron chi connectivity index (χ2n) is 8.48. The lowest BCUT2D eigenvalue weighted by atomic mass is 9.85. The quantitative estimate of drug-likeness (QED) is 0.386. The third-order valence-electron chi connectivity index (χ3n) is 6.16. The van der Waals surface area contributed by atoms with Gasteiger partial charge in [0.15, 0.2) is 5.96 Å². The van der Waals surface area contributed by atoms with Crippen molar-refractivity contribution in [2.45, 2.75) is 45.7 Å². The number of aromatic nitrogens is 2. The molecule has 31 heavy (non-hydrogen) atoms. The molecule has 7 nitrogen and oxygen atoms in total. The Morgan fingerprint density at radius 1 is 1.23 bits per heavy atom. The van der Waals surface area contributed by atoms with Gasteiger partial charge < -0.3 is 15.4 Å². The fourth-order valence-electron chi connectivity index (χ4n) is 4.59. The lowest BCUT2D eigenvalue weighted by Gasteiger charge is -2.40. The molecule has 1 aromatic heterocycles. The van der Waals surface area contributed by atoms with E-state index in [1.54, 1.807) is 7.11 Å². The first kappa shape index (κ1) is 23.1. The van der Waals surface area contributed by atoms with E-state index in [2.05, 4.69) is 74.6 Å². The van der Waals surface area contributed by atoms with Gasteiger partial charge in [-0.1, -0.05) is 12.1 Å². The number of guanidine groups is 1. The van der Waals surface area contributed by atoms with Crippen molar-refractivity contribution in [1.82, 2.24) is 25.3 Å². The summed E-state index contributed by atoms with van der Waals surface area (Å²) in [6.45, 7) is 7.95. The molecule has 1 aromatic carbocycles. The van der Waals surface area contributed by atoms with Crippen LogP contribution in [0.2, 0.25) is 0 Å². The number of rotatable bonds is 8. The number of methoxy groups -OCH3 is 1. The number of hydrogen-bond donors (Lipinski definition) is 2. The summed E-state index contributed by atoms with van der Waals surface area (Å²) in [5, 5.41) is 11.5. The molecule has 2 N–H and O–H groups in total. The molecule has 0 bridgehead atoms. The Morgan fingerprint density at radius 2 is 2.00 bits per heavy atom. The second-order valence-corrected chi connectivity index (χ2v) is 8.48. The zero-order chi connectivity index (χ0) is 22.2. The van der Waals surface area contributed by atoms with Gasteiger partial charge in [0, 0.05) is 38.4 Å². The first-order valence-electron chi connectivity index (χ1n) is 11.3. The van der Waals surface area contributed by atoms with Crippen molar-refractivity contribution < 1.29 is 4.74 Å². The van der Waals surface area contributed by atoms with Gasteiger partial charge in [0.1, 0.15) is 5.75 Å². The summed E-state index contributed by atoms with van der Waals surface area (Å²) >= 11 is 0. The van der Waals surface area contributed by atoms with Crippen molar-refractivity contribution >= 4 is 5.96 Å². The van der Waals surface area contributed by atoms with Gasteiger partial charge in [-0.25, -0.2) is 0 Å². The van der Waals surface area contributed by atoms with Crippen molar-refractivity contribution in [2.24, 2.45) is 10.9 Å². The molecule has 0 aliphatic carbocycles. The van der Waals surface area contributed by atoms with Gasteiger partial charge in [-0.15, -0.1) is 0 Å². The molecule has 0 spiro atoms. The minimum absolute atomic E-state index is 0.399. The number of nitrogens with zero attached hydrogens (tertiary/aromatic N) is 4. The van der Waals surface area contributed by atoms with E-state index in [-0.39, 0.29) is 0 Å². The van der Waals surface area contributed by atoms with Crippen LogP contribution in [0.25, 0.3) is 0 Å². The molecule has 3 rings (SSSR count). The number of aryl methyl sites for hydroxylation is 3. The van der Waals surface area contributed by atoms with Crippen molar-refractivity contribution in [3.63, 3.8) is 0 Å². The van der Waals surface area contributed by atoms with Gasteiger partial charge in [-0.2, -0.15) is 5.10 Å². The zero-order valence-corrected chi connectivity index (χ0v) is 19.7. The lowest BCUT2D eigenvalue weighted by molar-refractivity contribution is 0.122. The molecule has 2 heterocycles. The van der Waals surface area contributed by atoms with E-state index in [9.17, 15) is 0 Å². The van der Waals surface area contributed by atoms with Gasteiger partial charge >= 0.3 is 0 Å². The molecular weight excluding hydrogens is 388 g/mol. The summed E-state index contributed by atoms with van der Waals surface area (Å²) in [6.07, 6.45) is 3.44. The molecule has 0 amide bonds. The fraction of sp³-hybridized carbons (Fsp3) is 0.583. The Kier molecular flexibility index (Phi) is 8.35. The van der Waals surface area contributed by atoms with Crippen LogP contribution in [0.15, 0.2) is 35.3 Å². The Hall–Kier alpha value is -2.54. The molecule has 2 atom stereocenters. The van der Waals surface area contributed by atoms with Gasteiger partial charge in [-0.3, -0.25) is 14.6 Å². The van der Waals surface area contributed by atoms with Crippen LogP contribution >= 0.6 is 0 Å². The number of piperidine rings is 1. The third kappa shape index (κ3) is 6.23. The first-order chi connectivity index (χ1) is 15.0. The van der Waals surface area contributed by atoms with Crippen LogP contribution in [0.1, 0.15) is 42.3 Å². The number of benzene rings is 1. The van der Waals surface area contributed by atoms with Crippen LogP contribution in [-0.4, -0.2) is 61.5 Å². The monoisotopic (exact) mass is 426 g/mol. The van der Waals surface area contributed by atoms with Crippen molar-refractivity contribution in [1.29, 1.82) is 0 Å². The summed E-state index contributed by atoms with van der Waals surface area (Å²) in [4.78, 5) is 6.89. The highest BCUT2D eigenvalue weighted by Crippen LogP contribution is 2.35. The minimum atomic E-state index is 0.399. The highest BCUT2D eigenvalue weighted by atomic mass is 16.5. The summed E-state index contributed by atoms with van der Waals surface area (Å²) in [5.41, 5.74) is 3.64. The van der Waals surface area contributed by atoms with Crippen molar-refractivity contribution in [2.75, 3.05) is 40.8 Å². The maximum Gasteiger partial charge on any atom is 0.190 e. The first-order valence-corrected chi connectivity index (χ1v) is 11.3. The number of likely N-dealkylation sites (tertiary alicyclic amines) is 1. The molecule has 2 aromatic rings. The highest BCUT2D eigenvalue weighted by Gasteiger charge is 2.30. The van der Waals surface area contributed by atoms with Gasteiger partial charge in [0.05, 0.1) is 12.8 Å². The number of hydrogen-bond acceptors (Lipinski definition) is 4. The molecule has 1 fully saturated rings. The van der Waals surface area contributed by atoms with E-state index in [0.717, 1.165) is 50.0 Å². The van der Waals surface area contributed by atoms with Crippen LogP contribution in [-0.2, 0) is 6.54 Å². The average molecular weight is 427 g/mol. The lowest BCUT2D eigenvalue weighted by Crippen LogP contribution is -2.45. The summed E-state index contributed by atoms with van der Waals surface area (Å²) < 4.78 is 7.40. The molecule has 1 saturated heterocycles. The second kappa shape index (κ2) is 11.2. The molecule has 1 aliphatic rings. The predicted molar refractivity (Wildman–Crippen MR) is 127 cm³/mol. The van der Waals surface area contributed by atoms with E-state index in [0.29, 0.717) is 12.0 Å². The molecular formula is C24H38N6O. The van der Waals surface area contributed by atoms with Crippen molar-refractivity contribution in [3.8, 4) is 5.75 Å². The number of ether oxygens (including phenoxy) is 1. The topological polar surface area (TPSA) is 66.7 Å². The van der Waals surface area contributed by atoms with E-state index >= 15 is 0 Å². The summed E-state index contributed by atoms with van der Waals surface area (Å²) in [6, 6.07) is 11.0. The normalized spacial score (nSPS) is 20.0.